The molecule has 0 spiro atoms. The predicted molar refractivity (Wildman–Crippen MR) is 97.5 cm³/mol. The van der Waals surface area contributed by atoms with E-state index in [1.807, 2.05) is 36.9 Å². The Kier molecular flexibility index (Phi) is 4.18. The van der Waals surface area contributed by atoms with Gasteiger partial charge in [0, 0.05) is 31.4 Å². The van der Waals surface area contributed by atoms with Crippen LogP contribution < -0.4 is 5.32 Å². The fourth-order valence-electron chi connectivity index (χ4n) is 4.09. The Morgan fingerprint density at radius 3 is 2.72 bits per heavy atom. The van der Waals surface area contributed by atoms with Gasteiger partial charge in [0.1, 0.15) is 0 Å². The Balaban J connectivity index is 1.48. The fourth-order valence-corrected chi connectivity index (χ4v) is 4.09. The predicted octanol–water partition coefficient (Wildman–Crippen LogP) is 3.17. The van der Waals surface area contributed by atoms with Gasteiger partial charge in [0.05, 0.1) is 5.92 Å². The second-order valence-electron chi connectivity index (χ2n) is 8.02. The molecule has 1 aromatic carbocycles. The Morgan fingerprint density at radius 2 is 1.96 bits per heavy atom. The fraction of sp³-hybridized carbons (Fsp3) is 0.600. The molecule has 1 N–H and O–H groups in total. The molecule has 3 heterocycles. The van der Waals surface area contributed by atoms with E-state index >= 15 is 0 Å². The number of nitrogens with one attached hydrogen (secondary N) is 1. The largest absolute Gasteiger partial charge is 0.337 e. The molecular weight excluding hydrogens is 314 g/mol. The molecule has 4 aliphatic rings. The minimum atomic E-state index is -0.0772. The zero-order chi connectivity index (χ0) is 17.6. The average molecular weight is 341 g/mol. The van der Waals surface area contributed by atoms with Crippen molar-refractivity contribution < 1.29 is 9.59 Å². The maximum absolute atomic E-state index is 12.8. The number of anilines is 1. The third-order valence-electron chi connectivity index (χ3n) is 5.87. The van der Waals surface area contributed by atoms with Crippen LogP contribution in [0.5, 0.6) is 0 Å². The van der Waals surface area contributed by atoms with Crippen LogP contribution >= 0.6 is 0 Å². The number of carbonyl (C=O) groups excluding carboxylic acids is 2. The van der Waals surface area contributed by atoms with E-state index in [0.717, 1.165) is 36.2 Å². The van der Waals surface area contributed by atoms with Crippen LogP contribution in [0.3, 0.4) is 0 Å². The molecule has 25 heavy (non-hydrogen) atoms. The summed E-state index contributed by atoms with van der Waals surface area (Å²) in [5.41, 5.74) is 3.05. The van der Waals surface area contributed by atoms with Crippen molar-refractivity contribution in [2.75, 3.05) is 25.0 Å². The molecule has 5 nitrogen and oxygen atoms in total. The highest BCUT2D eigenvalue weighted by molar-refractivity contribution is 5.91. The highest BCUT2D eigenvalue weighted by Gasteiger charge is 2.43. The van der Waals surface area contributed by atoms with Crippen molar-refractivity contribution in [3.63, 3.8) is 0 Å². The minimum absolute atomic E-state index is 0.0261. The molecule has 134 valence electrons. The van der Waals surface area contributed by atoms with Crippen molar-refractivity contribution in [3.05, 3.63) is 29.3 Å². The highest BCUT2D eigenvalue weighted by atomic mass is 16.2. The molecule has 5 heteroatoms. The molecule has 0 radical (unpaired) electrons. The number of piperidine rings is 1. The normalized spacial score (nSPS) is 25.9. The van der Waals surface area contributed by atoms with Crippen molar-refractivity contribution >= 4 is 17.6 Å². The van der Waals surface area contributed by atoms with E-state index in [2.05, 4.69) is 10.2 Å². The Labute approximate surface area is 149 Å². The van der Waals surface area contributed by atoms with E-state index in [-0.39, 0.29) is 23.9 Å². The van der Waals surface area contributed by atoms with Gasteiger partial charge in [-0.05, 0) is 62.6 Å². The van der Waals surface area contributed by atoms with Crippen molar-refractivity contribution in [2.45, 2.75) is 45.6 Å². The Hall–Kier alpha value is -2.04. The molecule has 0 aromatic heterocycles. The maximum Gasteiger partial charge on any atom is 0.321 e. The molecule has 1 saturated carbocycles. The van der Waals surface area contributed by atoms with E-state index in [9.17, 15) is 9.59 Å². The lowest BCUT2D eigenvalue weighted by atomic mass is 9.94. The molecule has 4 fully saturated rings. The number of urea groups is 1. The first-order chi connectivity index (χ1) is 12.0. The lowest BCUT2D eigenvalue weighted by molar-refractivity contribution is -0.140. The van der Waals surface area contributed by atoms with Crippen LogP contribution in [0.2, 0.25) is 0 Å². The molecule has 3 amide bonds. The number of amides is 3. The quantitative estimate of drug-likeness (QED) is 0.918. The van der Waals surface area contributed by atoms with Crippen LogP contribution in [-0.4, -0.2) is 47.4 Å². The lowest BCUT2D eigenvalue weighted by Crippen LogP contribution is -2.49. The van der Waals surface area contributed by atoms with Crippen LogP contribution in [0.25, 0.3) is 0 Å². The van der Waals surface area contributed by atoms with E-state index in [1.54, 1.807) is 0 Å². The van der Waals surface area contributed by atoms with Crippen LogP contribution in [0, 0.1) is 25.7 Å². The molecule has 3 saturated heterocycles. The summed E-state index contributed by atoms with van der Waals surface area (Å²) in [5.74, 6) is 0.938. The molecule has 1 aromatic rings. The van der Waals surface area contributed by atoms with Gasteiger partial charge in [0.2, 0.25) is 5.91 Å². The molecule has 5 rings (SSSR count). The summed E-state index contributed by atoms with van der Waals surface area (Å²) >= 11 is 0. The van der Waals surface area contributed by atoms with E-state index < -0.39 is 0 Å². The topological polar surface area (TPSA) is 52.7 Å². The SMILES string of the molecule is Cc1ccc(C)c(NC(=O)N2CC3CCC(C2)N(CC2CC2)C3=O)c1. The zero-order valence-corrected chi connectivity index (χ0v) is 15.1. The summed E-state index contributed by atoms with van der Waals surface area (Å²) < 4.78 is 0. The lowest BCUT2D eigenvalue weighted by Gasteiger charge is -2.36. The number of benzene rings is 1. The van der Waals surface area contributed by atoms with Gasteiger partial charge < -0.3 is 15.1 Å². The van der Waals surface area contributed by atoms with Gasteiger partial charge in [-0.3, -0.25) is 4.79 Å². The van der Waals surface area contributed by atoms with Gasteiger partial charge in [-0.25, -0.2) is 4.79 Å². The number of hydrogen-bond donors (Lipinski definition) is 1. The van der Waals surface area contributed by atoms with Gasteiger partial charge in [0.25, 0.3) is 0 Å². The van der Waals surface area contributed by atoms with Crippen LogP contribution in [0.1, 0.15) is 36.8 Å². The molecule has 3 aliphatic heterocycles. The van der Waals surface area contributed by atoms with Crippen LogP contribution in [0.15, 0.2) is 18.2 Å². The number of rotatable bonds is 3. The standard InChI is InChI=1S/C20H27N3O2/c1-13-3-4-14(2)18(9-13)21-20(25)22-11-16-7-8-17(12-22)23(19(16)24)10-15-5-6-15/h3-4,9,15-17H,5-8,10-12H2,1-2H3,(H,21,25). The third kappa shape index (κ3) is 3.37. The third-order valence-corrected chi connectivity index (χ3v) is 5.87. The number of nitrogens with zero attached hydrogens (tertiary/aromatic N) is 2. The summed E-state index contributed by atoms with van der Waals surface area (Å²) in [6.07, 6.45) is 4.43. The summed E-state index contributed by atoms with van der Waals surface area (Å²) in [4.78, 5) is 29.5. The van der Waals surface area contributed by atoms with E-state index in [4.69, 9.17) is 0 Å². The first-order valence-electron chi connectivity index (χ1n) is 9.45. The number of aryl methyl sites for hydroxylation is 2. The Morgan fingerprint density at radius 1 is 1.16 bits per heavy atom. The van der Waals surface area contributed by atoms with Gasteiger partial charge in [-0.1, -0.05) is 12.1 Å². The number of hydrogen-bond acceptors (Lipinski definition) is 2. The zero-order valence-electron chi connectivity index (χ0n) is 15.1. The summed E-state index contributed by atoms with van der Waals surface area (Å²) in [6.45, 7) is 6.13. The van der Waals surface area contributed by atoms with E-state index in [1.165, 1.54) is 12.8 Å². The molecule has 2 unspecified atom stereocenters. The minimum Gasteiger partial charge on any atom is -0.337 e. The van der Waals surface area contributed by atoms with Gasteiger partial charge in [-0.2, -0.15) is 0 Å². The Bertz CT molecular complexity index is 698. The second kappa shape index (κ2) is 6.36. The monoisotopic (exact) mass is 341 g/mol. The number of carbonyl (C=O) groups is 2. The van der Waals surface area contributed by atoms with Crippen LogP contribution in [-0.2, 0) is 4.79 Å². The molecular formula is C20H27N3O2. The van der Waals surface area contributed by atoms with Gasteiger partial charge in [-0.15, -0.1) is 0 Å². The molecule has 2 atom stereocenters. The van der Waals surface area contributed by atoms with Crippen LogP contribution in [0.4, 0.5) is 10.5 Å². The smallest absolute Gasteiger partial charge is 0.321 e. The van der Waals surface area contributed by atoms with Gasteiger partial charge >= 0.3 is 6.03 Å². The van der Waals surface area contributed by atoms with Crippen molar-refractivity contribution in [2.24, 2.45) is 11.8 Å². The summed E-state index contributed by atoms with van der Waals surface area (Å²) in [6, 6.07) is 6.19. The number of fused-ring (bicyclic) bond motifs is 4. The summed E-state index contributed by atoms with van der Waals surface area (Å²) in [7, 11) is 0. The summed E-state index contributed by atoms with van der Waals surface area (Å²) in [5, 5.41) is 3.06. The second-order valence-corrected chi connectivity index (χ2v) is 8.02. The van der Waals surface area contributed by atoms with Crippen molar-refractivity contribution in [3.8, 4) is 0 Å². The highest BCUT2D eigenvalue weighted by Crippen LogP contribution is 2.35. The average Bonchev–Trinajstić information content (AvgIpc) is 3.41. The van der Waals surface area contributed by atoms with Gasteiger partial charge in [0.15, 0.2) is 0 Å². The van der Waals surface area contributed by atoms with Crippen molar-refractivity contribution in [1.29, 1.82) is 0 Å². The maximum atomic E-state index is 12.8. The molecule has 2 bridgehead atoms. The van der Waals surface area contributed by atoms with E-state index in [0.29, 0.717) is 19.0 Å². The first kappa shape index (κ1) is 16.4. The van der Waals surface area contributed by atoms with Crippen molar-refractivity contribution in [1.82, 2.24) is 9.80 Å². The molecule has 1 aliphatic carbocycles. The first-order valence-corrected chi connectivity index (χ1v) is 9.45.